The maximum Gasteiger partial charge on any atom is 0.394 e. The second-order valence-electron chi connectivity index (χ2n) is 7.61. The van der Waals surface area contributed by atoms with Crippen molar-refractivity contribution in [3.8, 4) is 0 Å². The number of rotatable bonds is 9. The minimum absolute atomic E-state index is 0.0929. The number of nitrogens with zero attached hydrogens (tertiary/aromatic N) is 1. The van der Waals surface area contributed by atoms with E-state index in [0.29, 0.717) is 0 Å². The Hall–Kier alpha value is -2.94. The molecule has 1 aromatic rings. The average Bonchev–Trinajstić information content (AvgIpc) is 2.94. The zero-order chi connectivity index (χ0) is 27.1. The van der Waals surface area contributed by atoms with Crippen molar-refractivity contribution in [1.29, 1.82) is 0 Å². The highest BCUT2D eigenvalue weighted by Gasteiger charge is 2.50. The summed E-state index contributed by atoms with van der Waals surface area (Å²) < 4.78 is 149. The maximum atomic E-state index is 13.9. The number of esters is 1. The molecule has 1 aliphatic heterocycles. The number of fused-ring (bicyclic) bond motifs is 1. The molecule has 0 bridgehead atoms. The molecule has 1 atom stereocenters. The fourth-order valence-corrected chi connectivity index (χ4v) is 3.27. The van der Waals surface area contributed by atoms with E-state index in [9.17, 15) is 62.7 Å². The third kappa shape index (κ3) is 6.20. The summed E-state index contributed by atoms with van der Waals surface area (Å²) in [6.07, 6.45) is -12.8. The van der Waals surface area contributed by atoms with Crippen molar-refractivity contribution in [1.82, 2.24) is 4.90 Å². The zero-order valence-electron chi connectivity index (χ0n) is 17.4. The van der Waals surface area contributed by atoms with Crippen LogP contribution in [0.25, 0.3) is 0 Å². The fraction of sp³-hybridized carbons (Fsp3) is 0.526. The van der Waals surface area contributed by atoms with Gasteiger partial charge in [0, 0.05) is 6.42 Å². The van der Waals surface area contributed by atoms with Crippen molar-refractivity contribution in [2.75, 3.05) is 6.61 Å². The van der Waals surface area contributed by atoms with E-state index in [-0.39, 0.29) is 4.90 Å². The van der Waals surface area contributed by atoms with Crippen LogP contribution in [-0.2, 0) is 9.53 Å². The number of hydrogen-bond acceptors (Lipinski definition) is 4. The van der Waals surface area contributed by atoms with Crippen molar-refractivity contribution in [2.24, 2.45) is 0 Å². The zero-order valence-corrected chi connectivity index (χ0v) is 17.4. The van der Waals surface area contributed by atoms with Crippen molar-refractivity contribution >= 4 is 17.8 Å². The van der Waals surface area contributed by atoms with Gasteiger partial charge in [-0.15, -0.1) is 0 Å². The molecular weight excluding hydrogens is 515 g/mol. The van der Waals surface area contributed by atoms with Crippen LogP contribution in [0.4, 0.5) is 48.3 Å². The van der Waals surface area contributed by atoms with Crippen LogP contribution in [0.5, 0.6) is 0 Å². The number of ether oxygens (including phenoxy) is 1. The molecule has 35 heavy (non-hydrogen) atoms. The van der Waals surface area contributed by atoms with Crippen LogP contribution in [0.3, 0.4) is 0 Å². The second-order valence-corrected chi connectivity index (χ2v) is 7.61. The molecule has 2 rings (SSSR count). The summed E-state index contributed by atoms with van der Waals surface area (Å²) in [5.41, 5.74) is -2.96. The van der Waals surface area contributed by atoms with Gasteiger partial charge in [0.25, 0.3) is 23.7 Å². The topological polar surface area (TPSA) is 63.7 Å². The summed E-state index contributed by atoms with van der Waals surface area (Å²) in [6.45, 7) is -0.141. The van der Waals surface area contributed by atoms with Gasteiger partial charge in [-0.3, -0.25) is 14.5 Å². The minimum Gasteiger partial charge on any atom is -0.464 e. The molecule has 2 amide bonds. The van der Waals surface area contributed by atoms with E-state index in [1.54, 1.807) is 0 Å². The molecule has 0 radical (unpaired) electrons. The summed E-state index contributed by atoms with van der Waals surface area (Å²) in [6, 6.07) is -1.97. The summed E-state index contributed by atoms with van der Waals surface area (Å²) >= 11 is 0. The molecule has 0 N–H and O–H groups in total. The van der Waals surface area contributed by atoms with Crippen molar-refractivity contribution in [3.63, 3.8) is 0 Å². The molecular formula is C19H14F11NO4. The van der Waals surface area contributed by atoms with Crippen LogP contribution in [0.2, 0.25) is 0 Å². The highest BCUT2D eigenvalue weighted by molar-refractivity contribution is 6.23. The van der Waals surface area contributed by atoms with Gasteiger partial charge in [0.2, 0.25) is 0 Å². The van der Waals surface area contributed by atoms with Crippen LogP contribution in [0.1, 0.15) is 53.3 Å². The standard InChI is InChI=1S/C19H14F11NO4/c1-7(31-14(32)8-9(15(31)33)11(21)13(23)12(22)10(8)20)16(34)35-4-2-3-17(24,25)5-18(26,27)6-19(28,29)30/h7H,2-6H2,1H3/t7-/m0/s1. The van der Waals surface area contributed by atoms with Crippen LogP contribution in [0, 0.1) is 23.3 Å². The van der Waals surface area contributed by atoms with Gasteiger partial charge >= 0.3 is 12.1 Å². The number of alkyl halides is 7. The summed E-state index contributed by atoms with van der Waals surface area (Å²) in [5.74, 6) is -23.1. The molecule has 1 aliphatic rings. The van der Waals surface area contributed by atoms with Gasteiger partial charge in [-0.1, -0.05) is 0 Å². The number of benzene rings is 1. The van der Waals surface area contributed by atoms with E-state index in [1.807, 2.05) is 0 Å². The highest BCUT2D eigenvalue weighted by atomic mass is 19.4. The van der Waals surface area contributed by atoms with Crippen molar-refractivity contribution in [3.05, 3.63) is 34.4 Å². The molecule has 0 unspecified atom stereocenters. The molecule has 196 valence electrons. The smallest absolute Gasteiger partial charge is 0.394 e. The Balaban J connectivity index is 1.99. The SMILES string of the molecule is C[C@@H](C(=O)OCCCC(F)(F)CC(F)(F)CC(F)(F)F)N1C(=O)c2c(F)c(F)c(F)c(F)c2C1=O. The number of halogens is 11. The Kier molecular flexibility index (Phi) is 7.76. The lowest BCUT2D eigenvalue weighted by atomic mass is 10.0. The Morgan fingerprint density at radius 2 is 1.26 bits per heavy atom. The number of hydrogen-bond donors (Lipinski definition) is 0. The number of imide groups is 1. The first-order valence-electron chi connectivity index (χ1n) is 9.52. The third-order valence-corrected chi connectivity index (χ3v) is 4.77. The first kappa shape index (κ1) is 28.3. The number of carbonyl (C=O) groups is 3. The van der Waals surface area contributed by atoms with Crippen LogP contribution >= 0.6 is 0 Å². The monoisotopic (exact) mass is 529 g/mol. The lowest BCUT2D eigenvalue weighted by Gasteiger charge is -2.24. The Morgan fingerprint density at radius 1 is 0.800 bits per heavy atom. The summed E-state index contributed by atoms with van der Waals surface area (Å²) in [4.78, 5) is 36.4. The first-order valence-corrected chi connectivity index (χ1v) is 9.52. The predicted molar refractivity (Wildman–Crippen MR) is 91.6 cm³/mol. The van der Waals surface area contributed by atoms with Gasteiger partial charge < -0.3 is 4.74 Å². The van der Waals surface area contributed by atoms with E-state index in [0.717, 1.165) is 6.92 Å². The molecule has 0 aromatic heterocycles. The lowest BCUT2D eigenvalue weighted by Crippen LogP contribution is -2.44. The predicted octanol–water partition coefficient (Wildman–Crippen LogP) is 5.16. The van der Waals surface area contributed by atoms with Crippen molar-refractivity contribution in [2.45, 2.75) is 56.7 Å². The van der Waals surface area contributed by atoms with Crippen LogP contribution < -0.4 is 0 Å². The maximum absolute atomic E-state index is 13.9. The van der Waals surface area contributed by atoms with Gasteiger partial charge in [0.05, 0.1) is 24.2 Å². The van der Waals surface area contributed by atoms with E-state index in [4.69, 9.17) is 0 Å². The molecule has 0 fully saturated rings. The largest absolute Gasteiger partial charge is 0.464 e. The van der Waals surface area contributed by atoms with E-state index >= 15 is 0 Å². The number of carbonyl (C=O) groups excluding carboxylic acids is 3. The van der Waals surface area contributed by atoms with Gasteiger partial charge in [-0.05, 0) is 13.3 Å². The molecule has 5 nitrogen and oxygen atoms in total. The number of amides is 2. The highest BCUT2D eigenvalue weighted by Crippen LogP contribution is 2.40. The van der Waals surface area contributed by atoms with Gasteiger partial charge in [0.1, 0.15) is 12.5 Å². The first-order chi connectivity index (χ1) is 15.8. The second kappa shape index (κ2) is 9.60. The van der Waals surface area contributed by atoms with E-state index in [2.05, 4.69) is 4.74 Å². The molecule has 1 heterocycles. The van der Waals surface area contributed by atoms with Crippen molar-refractivity contribution < 1.29 is 67.4 Å². The summed E-state index contributed by atoms with van der Waals surface area (Å²) in [5, 5.41) is 0. The fourth-order valence-electron chi connectivity index (χ4n) is 3.27. The lowest BCUT2D eigenvalue weighted by molar-refractivity contribution is -0.207. The average molecular weight is 529 g/mol. The Labute approximate surface area is 188 Å². The molecule has 1 aromatic carbocycles. The Morgan fingerprint density at radius 3 is 1.69 bits per heavy atom. The normalized spacial score (nSPS) is 15.5. The molecule has 0 aliphatic carbocycles. The van der Waals surface area contributed by atoms with E-state index in [1.165, 1.54) is 0 Å². The third-order valence-electron chi connectivity index (χ3n) is 4.77. The minimum atomic E-state index is -5.39. The van der Waals surface area contributed by atoms with Crippen LogP contribution in [-0.4, -0.2) is 53.4 Å². The van der Waals surface area contributed by atoms with E-state index < -0.39 is 109 Å². The van der Waals surface area contributed by atoms with Gasteiger partial charge in [-0.25, -0.2) is 39.9 Å². The molecule has 0 spiro atoms. The van der Waals surface area contributed by atoms with Gasteiger partial charge in [0.15, 0.2) is 23.3 Å². The molecule has 0 saturated heterocycles. The molecule has 0 saturated carbocycles. The summed E-state index contributed by atoms with van der Waals surface area (Å²) in [7, 11) is 0. The Bertz CT molecular complexity index is 992. The van der Waals surface area contributed by atoms with Crippen LogP contribution in [0.15, 0.2) is 0 Å². The quantitative estimate of drug-likeness (QED) is 0.111. The van der Waals surface area contributed by atoms with Gasteiger partial charge in [-0.2, -0.15) is 13.2 Å². The molecule has 16 heteroatoms.